The van der Waals surface area contributed by atoms with E-state index in [1.807, 2.05) is 35.9 Å². The minimum Gasteiger partial charge on any atom is -0.258 e. The molecule has 0 saturated heterocycles. The van der Waals surface area contributed by atoms with Crippen LogP contribution in [0.4, 0.5) is 4.39 Å². The smallest absolute Gasteiger partial charge is 0.206 e. The van der Waals surface area contributed by atoms with Gasteiger partial charge in [0.15, 0.2) is 0 Å². The second-order valence-corrected chi connectivity index (χ2v) is 6.25. The van der Waals surface area contributed by atoms with E-state index in [4.69, 9.17) is 0 Å². The maximum atomic E-state index is 14.1. The van der Waals surface area contributed by atoms with Gasteiger partial charge in [0.1, 0.15) is 5.82 Å². The highest BCUT2D eigenvalue weighted by Gasteiger charge is 2.11. The van der Waals surface area contributed by atoms with E-state index in [9.17, 15) is 4.39 Å². The van der Waals surface area contributed by atoms with Crippen molar-refractivity contribution in [2.75, 3.05) is 6.54 Å². The summed E-state index contributed by atoms with van der Waals surface area (Å²) in [5, 5.41) is 8.38. The Morgan fingerprint density at radius 3 is 2.77 bits per heavy atom. The van der Waals surface area contributed by atoms with Crippen LogP contribution < -0.4 is 4.80 Å². The van der Waals surface area contributed by atoms with Crippen LogP contribution in [-0.2, 0) is 0 Å². The van der Waals surface area contributed by atoms with Crippen molar-refractivity contribution in [3.05, 3.63) is 62.7 Å². The Morgan fingerprint density at radius 1 is 1.18 bits per heavy atom. The number of rotatable bonds is 4. The summed E-state index contributed by atoms with van der Waals surface area (Å²) >= 11 is 3.07. The standard InChI is InChI=1S/C16H14FN3S2/c1-2-18-16-20(19-10-12-6-5-9-21-12)15(11-22-16)13-7-3-4-8-14(13)17/h3-11H,2H2,1H3. The molecule has 2 aromatic heterocycles. The summed E-state index contributed by atoms with van der Waals surface area (Å²) in [5.41, 5.74) is 1.24. The van der Waals surface area contributed by atoms with Gasteiger partial charge in [-0.25, -0.2) is 9.07 Å². The zero-order valence-electron chi connectivity index (χ0n) is 11.9. The van der Waals surface area contributed by atoms with Crippen LogP contribution in [0, 0.1) is 5.82 Å². The summed E-state index contributed by atoms with van der Waals surface area (Å²) in [7, 11) is 0. The number of aromatic nitrogens is 1. The fourth-order valence-corrected chi connectivity index (χ4v) is 3.46. The summed E-state index contributed by atoms with van der Waals surface area (Å²) in [6, 6.07) is 10.7. The van der Waals surface area contributed by atoms with Crippen LogP contribution in [0.3, 0.4) is 0 Å². The van der Waals surface area contributed by atoms with Crippen molar-refractivity contribution < 1.29 is 4.39 Å². The van der Waals surface area contributed by atoms with Crippen molar-refractivity contribution in [2.24, 2.45) is 10.1 Å². The number of hydrogen-bond donors (Lipinski definition) is 0. The van der Waals surface area contributed by atoms with Gasteiger partial charge in [-0.05, 0) is 30.5 Å². The Bertz CT molecular complexity index is 844. The van der Waals surface area contributed by atoms with Gasteiger partial charge in [-0.2, -0.15) is 5.10 Å². The van der Waals surface area contributed by atoms with Crippen molar-refractivity contribution in [1.82, 2.24) is 4.68 Å². The van der Waals surface area contributed by atoms with Crippen molar-refractivity contribution in [3.63, 3.8) is 0 Å². The Morgan fingerprint density at radius 2 is 2.05 bits per heavy atom. The van der Waals surface area contributed by atoms with Crippen LogP contribution >= 0.6 is 22.7 Å². The zero-order chi connectivity index (χ0) is 15.4. The average molecular weight is 331 g/mol. The summed E-state index contributed by atoms with van der Waals surface area (Å²) in [6.07, 6.45) is 1.77. The first-order valence-corrected chi connectivity index (χ1v) is 8.59. The minimum atomic E-state index is -0.261. The quantitative estimate of drug-likeness (QED) is 0.641. The summed E-state index contributed by atoms with van der Waals surface area (Å²) in [6.45, 7) is 2.63. The molecule has 0 saturated carbocycles. The molecule has 0 N–H and O–H groups in total. The maximum Gasteiger partial charge on any atom is 0.206 e. The molecule has 6 heteroatoms. The zero-order valence-corrected chi connectivity index (χ0v) is 13.6. The van der Waals surface area contributed by atoms with Gasteiger partial charge < -0.3 is 0 Å². The molecular weight excluding hydrogens is 317 g/mol. The largest absolute Gasteiger partial charge is 0.258 e. The highest BCUT2D eigenvalue weighted by Crippen LogP contribution is 2.23. The maximum absolute atomic E-state index is 14.1. The van der Waals surface area contributed by atoms with E-state index in [0.717, 1.165) is 9.68 Å². The highest BCUT2D eigenvalue weighted by molar-refractivity contribution is 7.11. The summed E-state index contributed by atoms with van der Waals surface area (Å²) in [4.78, 5) is 6.23. The van der Waals surface area contributed by atoms with E-state index in [0.29, 0.717) is 17.8 Å². The van der Waals surface area contributed by atoms with Crippen LogP contribution in [0.1, 0.15) is 11.8 Å². The Hall–Kier alpha value is -2.05. The number of thiophene rings is 1. The summed E-state index contributed by atoms with van der Waals surface area (Å²) < 4.78 is 15.8. The first-order valence-electron chi connectivity index (χ1n) is 6.83. The molecule has 22 heavy (non-hydrogen) atoms. The average Bonchev–Trinajstić information content (AvgIpc) is 3.16. The van der Waals surface area contributed by atoms with Gasteiger partial charge in [0.2, 0.25) is 4.80 Å². The molecule has 0 bridgehead atoms. The van der Waals surface area contributed by atoms with E-state index in [1.54, 1.807) is 34.4 Å². The summed E-state index contributed by atoms with van der Waals surface area (Å²) in [5.74, 6) is -0.261. The molecule has 0 unspecified atom stereocenters. The highest BCUT2D eigenvalue weighted by atomic mass is 32.1. The molecule has 2 heterocycles. The third kappa shape index (κ3) is 3.08. The lowest BCUT2D eigenvalue weighted by atomic mass is 10.1. The van der Waals surface area contributed by atoms with Crippen molar-refractivity contribution in [3.8, 4) is 11.3 Å². The SMILES string of the molecule is CCN=c1scc(-c2ccccc2F)n1N=Cc1cccs1. The molecule has 0 radical (unpaired) electrons. The molecule has 0 aliphatic heterocycles. The normalized spacial score (nSPS) is 12.4. The van der Waals surface area contributed by atoms with Crippen LogP contribution in [0.2, 0.25) is 0 Å². The van der Waals surface area contributed by atoms with E-state index in [2.05, 4.69) is 10.1 Å². The number of hydrogen-bond acceptors (Lipinski definition) is 4. The van der Waals surface area contributed by atoms with E-state index >= 15 is 0 Å². The van der Waals surface area contributed by atoms with Crippen LogP contribution in [-0.4, -0.2) is 17.4 Å². The molecule has 3 rings (SSSR count). The second kappa shape index (κ2) is 6.81. The number of thiazole rings is 1. The molecule has 3 aromatic rings. The molecule has 3 nitrogen and oxygen atoms in total. The van der Waals surface area contributed by atoms with E-state index in [-0.39, 0.29) is 5.82 Å². The molecule has 1 aromatic carbocycles. The fraction of sp³-hybridized carbons (Fsp3) is 0.125. The number of halogens is 1. The van der Waals surface area contributed by atoms with Crippen molar-refractivity contribution >= 4 is 28.9 Å². The third-order valence-corrected chi connectivity index (χ3v) is 4.63. The molecule has 0 atom stereocenters. The lowest BCUT2D eigenvalue weighted by Crippen LogP contribution is -2.12. The Balaban J connectivity index is 2.12. The van der Waals surface area contributed by atoms with Gasteiger partial charge in [0, 0.05) is 22.4 Å². The second-order valence-electron chi connectivity index (χ2n) is 4.43. The molecule has 0 spiro atoms. The van der Waals surface area contributed by atoms with Gasteiger partial charge in [-0.1, -0.05) is 18.2 Å². The van der Waals surface area contributed by atoms with Crippen LogP contribution in [0.15, 0.2) is 57.3 Å². The first kappa shape index (κ1) is 14.9. The Kier molecular flexibility index (Phi) is 4.60. The predicted octanol–water partition coefficient (Wildman–Crippen LogP) is 4.22. The lowest BCUT2D eigenvalue weighted by molar-refractivity contribution is 0.629. The van der Waals surface area contributed by atoms with E-state index < -0.39 is 0 Å². The molecule has 112 valence electrons. The monoisotopic (exact) mass is 331 g/mol. The number of nitrogens with zero attached hydrogens (tertiary/aromatic N) is 3. The van der Waals surface area contributed by atoms with Gasteiger partial charge in [0.25, 0.3) is 0 Å². The minimum absolute atomic E-state index is 0.261. The fourth-order valence-electron chi connectivity index (χ4n) is 1.99. The first-order chi connectivity index (χ1) is 10.8. The number of benzene rings is 1. The molecule has 0 amide bonds. The van der Waals surface area contributed by atoms with Crippen LogP contribution in [0.5, 0.6) is 0 Å². The van der Waals surface area contributed by atoms with Crippen molar-refractivity contribution in [2.45, 2.75) is 6.92 Å². The molecule has 0 fully saturated rings. The Labute approximate surface area is 135 Å². The predicted molar refractivity (Wildman–Crippen MR) is 91.1 cm³/mol. The van der Waals surface area contributed by atoms with Gasteiger partial charge in [0.05, 0.1) is 11.9 Å². The molecular formula is C16H14FN3S2. The molecule has 0 aliphatic rings. The van der Waals surface area contributed by atoms with Gasteiger partial charge in [-0.15, -0.1) is 22.7 Å². The van der Waals surface area contributed by atoms with E-state index in [1.165, 1.54) is 17.4 Å². The third-order valence-electron chi connectivity index (χ3n) is 2.97. The van der Waals surface area contributed by atoms with Crippen LogP contribution in [0.25, 0.3) is 11.3 Å². The topological polar surface area (TPSA) is 29.6 Å². The lowest BCUT2D eigenvalue weighted by Gasteiger charge is -2.04. The van der Waals surface area contributed by atoms with Gasteiger partial charge >= 0.3 is 0 Å². The molecule has 0 aliphatic carbocycles. The van der Waals surface area contributed by atoms with Crippen molar-refractivity contribution in [1.29, 1.82) is 0 Å². The van der Waals surface area contributed by atoms with Gasteiger partial charge in [-0.3, -0.25) is 4.99 Å².